The van der Waals surface area contributed by atoms with Crippen molar-refractivity contribution >= 4 is 34.5 Å². The van der Waals surface area contributed by atoms with Crippen LogP contribution >= 0.6 is 34.5 Å². The van der Waals surface area contributed by atoms with Crippen LogP contribution in [0, 0.1) is 0 Å². The fraction of sp³-hybridized carbons (Fsp3) is 0.333. The molecule has 1 fully saturated rings. The monoisotopic (exact) mass is 299 g/mol. The molecule has 3 nitrogen and oxygen atoms in total. The second-order valence-electron chi connectivity index (χ2n) is 4.29. The van der Waals surface area contributed by atoms with Crippen LogP contribution in [0.5, 0.6) is 0 Å². The summed E-state index contributed by atoms with van der Waals surface area (Å²) >= 11 is 13.6. The Morgan fingerprint density at radius 2 is 2.17 bits per heavy atom. The number of hydrogen-bond acceptors (Lipinski definition) is 4. The molecule has 0 amide bonds. The molecule has 0 spiro atoms. The Kier molecular flexibility index (Phi) is 3.28. The molecule has 0 unspecified atom stereocenters. The summed E-state index contributed by atoms with van der Waals surface area (Å²) in [6, 6.07) is 1.69. The Labute approximate surface area is 119 Å². The molecule has 2 N–H and O–H groups in total. The zero-order valence-corrected chi connectivity index (χ0v) is 11.8. The van der Waals surface area contributed by atoms with Gasteiger partial charge < -0.3 is 5.73 Å². The average Bonchev–Trinajstić information content (AvgIpc) is 3.10. The quantitative estimate of drug-likeness (QED) is 0.936. The van der Waals surface area contributed by atoms with Crippen LogP contribution in [0.25, 0.3) is 10.7 Å². The Morgan fingerprint density at radius 1 is 1.39 bits per heavy atom. The molecule has 1 saturated carbocycles. The van der Waals surface area contributed by atoms with E-state index in [0.717, 1.165) is 15.6 Å². The lowest BCUT2D eigenvalue weighted by atomic mass is 10.2. The molecule has 0 radical (unpaired) electrons. The summed E-state index contributed by atoms with van der Waals surface area (Å²) in [7, 11) is 0. The number of aromatic nitrogens is 2. The van der Waals surface area contributed by atoms with Gasteiger partial charge in [-0.05, 0) is 18.9 Å². The summed E-state index contributed by atoms with van der Waals surface area (Å²) in [5.74, 6) is 0.583. The molecule has 0 saturated heterocycles. The van der Waals surface area contributed by atoms with E-state index in [4.69, 9.17) is 28.9 Å². The van der Waals surface area contributed by atoms with Gasteiger partial charge in [-0.15, -0.1) is 11.3 Å². The second-order valence-corrected chi connectivity index (χ2v) is 6.22. The molecule has 18 heavy (non-hydrogen) atoms. The van der Waals surface area contributed by atoms with Crippen molar-refractivity contribution in [3.8, 4) is 10.7 Å². The smallest absolute Gasteiger partial charge is 0.143 e. The molecule has 94 valence electrons. The van der Waals surface area contributed by atoms with E-state index in [1.807, 2.05) is 0 Å². The minimum absolute atomic E-state index is 0.523. The van der Waals surface area contributed by atoms with Gasteiger partial charge in [-0.3, -0.25) is 4.98 Å². The van der Waals surface area contributed by atoms with Crippen molar-refractivity contribution in [2.24, 2.45) is 5.73 Å². The lowest BCUT2D eigenvalue weighted by molar-refractivity contribution is 0.978. The molecule has 1 aliphatic carbocycles. The van der Waals surface area contributed by atoms with E-state index < -0.39 is 0 Å². The zero-order chi connectivity index (χ0) is 12.7. The number of pyridine rings is 1. The maximum Gasteiger partial charge on any atom is 0.143 e. The standard InChI is InChI=1S/C12H11Cl2N3S/c13-7-3-8(14)11(16-5-7)12-17-10(6-1-2-6)9(4-15)18-12/h3,5-6H,1-2,4,15H2. The van der Waals surface area contributed by atoms with E-state index in [1.54, 1.807) is 23.6 Å². The van der Waals surface area contributed by atoms with Gasteiger partial charge in [-0.2, -0.15) is 0 Å². The number of rotatable bonds is 3. The Balaban J connectivity index is 2.05. The highest BCUT2D eigenvalue weighted by Crippen LogP contribution is 2.44. The van der Waals surface area contributed by atoms with Crippen molar-refractivity contribution in [1.82, 2.24) is 9.97 Å². The first kappa shape index (κ1) is 12.4. The van der Waals surface area contributed by atoms with Gasteiger partial charge in [-0.1, -0.05) is 23.2 Å². The third kappa shape index (κ3) is 2.26. The molecule has 0 bridgehead atoms. The normalized spacial score (nSPS) is 15.1. The second kappa shape index (κ2) is 4.78. The minimum Gasteiger partial charge on any atom is -0.326 e. The summed E-state index contributed by atoms with van der Waals surface area (Å²) in [4.78, 5) is 10.1. The van der Waals surface area contributed by atoms with Gasteiger partial charge in [-0.25, -0.2) is 4.98 Å². The largest absolute Gasteiger partial charge is 0.326 e. The van der Waals surface area contributed by atoms with Gasteiger partial charge in [0.2, 0.25) is 0 Å². The highest BCUT2D eigenvalue weighted by molar-refractivity contribution is 7.15. The molecule has 3 rings (SSSR count). The lowest BCUT2D eigenvalue weighted by Crippen LogP contribution is -1.96. The van der Waals surface area contributed by atoms with Crippen LogP contribution in [-0.2, 0) is 6.54 Å². The molecule has 1 aliphatic rings. The fourth-order valence-electron chi connectivity index (χ4n) is 1.86. The molecule has 0 atom stereocenters. The lowest BCUT2D eigenvalue weighted by Gasteiger charge is -1.99. The van der Waals surface area contributed by atoms with E-state index in [0.29, 0.717) is 28.2 Å². The predicted molar refractivity (Wildman–Crippen MR) is 75.2 cm³/mol. The molecular formula is C12H11Cl2N3S. The first-order valence-electron chi connectivity index (χ1n) is 5.70. The van der Waals surface area contributed by atoms with Crippen LogP contribution in [0.3, 0.4) is 0 Å². The molecule has 0 aliphatic heterocycles. The summed E-state index contributed by atoms with van der Waals surface area (Å²) < 4.78 is 0. The fourth-order valence-corrected chi connectivity index (χ4v) is 3.42. The number of thiazole rings is 1. The van der Waals surface area contributed by atoms with Crippen LogP contribution in [0.15, 0.2) is 12.3 Å². The van der Waals surface area contributed by atoms with Gasteiger partial charge in [0.1, 0.15) is 10.7 Å². The predicted octanol–water partition coefficient (Wildman–Crippen LogP) is 3.85. The van der Waals surface area contributed by atoms with Crippen molar-refractivity contribution in [3.63, 3.8) is 0 Å². The molecule has 0 aromatic carbocycles. The van der Waals surface area contributed by atoms with Gasteiger partial charge in [0.25, 0.3) is 0 Å². The van der Waals surface area contributed by atoms with Crippen molar-refractivity contribution in [1.29, 1.82) is 0 Å². The SMILES string of the molecule is NCc1sc(-c2ncc(Cl)cc2Cl)nc1C1CC1. The number of halogens is 2. The van der Waals surface area contributed by atoms with Crippen LogP contribution in [0.4, 0.5) is 0 Å². The van der Waals surface area contributed by atoms with E-state index in [2.05, 4.69) is 9.97 Å². The van der Waals surface area contributed by atoms with Crippen LogP contribution in [0.1, 0.15) is 29.3 Å². The molecule has 2 aromatic heterocycles. The molecule has 6 heteroatoms. The van der Waals surface area contributed by atoms with Crippen LogP contribution in [0.2, 0.25) is 10.0 Å². The first-order valence-corrected chi connectivity index (χ1v) is 7.27. The van der Waals surface area contributed by atoms with Crippen molar-refractivity contribution in [2.45, 2.75) is 25.3 Å². The molecular weight excluding hydrogens is 289 g/mol. The van der Waals surface area contributed by atoms with Crippen molar-refractivity contribution in [3.05, 3.63) is 32.9 Å². The first-order chi connectivity index (χ1) is 8.69. The Morgan fingerprint density at radius 3 is 2.78 bits per heavy atom. The third-order valence-corrected chi connectivity index (χ3v) is 4.48. The number of nitrogens with two attached hydrogens (primary N) is 1. The minimum atomic E-state index is 0.523. The van der Waals surface area contributed by atoms with E-state index in [9.17, 15) is 0 Å². The summed E-state index contributed by atoms with van der Waals surface area (Å²) in [6.07, 6.45) is 4.00. The maximum absolute atomic E-state index is 6.15. The van der Waals surface area contributed by atoms with Crippen LogP contribution < -0.4 is 5.73 Å². The van der Waals surface area contributed by atoms with E-state index in [1.165, 1.54) is 12.8 Å². The number of hydrogen-bond donors (Lipinski definition) is 1. The molecule has 2 aromatic rings. The van der Waals surface area contributed by atoms with Gasteiger partial charge in [0, 0.05) is 23.5 Å². The topological polar surface area (TPSA) is 51.8 Å². The Hall–Kier alpha value is -0.680. The van der Waals surface area contributed by atoms with Gasteiger partial charge >= 0.3 is 0 Å². The third-order valence-electron chi connectivity index (χ3n) is 2.89. The highest BCUT2D eigenvalue weighted by Gasteiger charge is 2.29. The molecule has 2 heterocycles. The summed E-state index contributed by atoms with van der Waals surface area (Å²) in [5, 5.41) is 1.89. The van der Waals surface area contributed by atoms with Crippen molar-refractivity contribution in [2.75, 3.05) is 0 Å². The highest BCUT2D eigenvalue weighted by atomic mass is 35.5. The number of nitrogens with zero attached hydrogens (tertiary/aromatic N) is 2. The maximum atomic E-state index is 6.15. The van der Waals surface area contributed by atoms with Gasteiger partial charge in [0.15, 0.2) is 0 Å². The van der Waals surface area contributed by atoms with E-state index >= 15 is 0 Å². The zero-order valence-electron chi connectivity index (χ0n) is 9.49. The Bertz CT molecular complexity index is 593. The van der Waals surface area contributed by atoms with Crippen molar-refractivity contribution < 1.29 is 0 Å². The van der Waals surface area contributed by atoms with E-state index in [-0.39, 0.29) is 0 Å². The van der Waals surface area contributed by atoms with Gasteiger partial charge in [0.05, 0.1) is 15.7 Å². The summed E-state index contributed by atoms with van der Waals surface area (Å²) in [5.41, 5.74) is 7.58. The van der Waals surface area contributed by atoms with Crippen LogP contribution in [-0.4, -0.2) is 9.97 Å². The average molecular weight is 300 g/mol. The summed E-state index contributed by atoms with van der Waals surface area (Å²) in [6.45, 7) is 0.523.